The molecule has 2 fully saturated rings. The lowest BCUT2D eigenvalue weighted by Crippen LogP contribution is -2.47. The number of hydrogen-bond acceptors (Lipinski definition) is 6. The molecular formula is C21H22F4N4O3S. The van der Waals surface area contributed by atoms with Gasteiger partial charge in [0.15, 0.2) is 11.6 Å². The Balaban J connectivity index is 1.68. The van der Waals surface area contributed by atoms with E-state index in [-0.39, 0.29) is 29.4 Å². The van der Waals surface area contributed by atoms with Gasteiger partial charge in [0.25, 0.3) is 0 Å². The Bertz CT molecular complexity index is 1210. The molecule has 2 atom stereocenters. The first-order chi connectivity index (χ1) is 15.3. The van der Waals surface area contributed by atoms with E-state index in [0.717, 1.165) is 13.2 Å². The highest BCUT2D eigenvalue weighted by molar-refractivity contribution is 7.91. The van der Waals surface area contributed by atoms with Crippen LogP contribution >= 0.6 is 0 Å². The number of pyridine rings is 1. The lowest BCUT2D eigenvalue weighted by atomic mass is 9.65. The zero-order valence-electron chi connectivity index (χ0n) is 17.8. The predicted octanol–water partition coefficient (Wildman–Crippen LogP) is 4.04. The zero-order chi connectivity index (χ0) is 24.2. The van der Waals surface area contributed by atoms with Gasteiger partial charge >= 0.3 is 0 Å². The summed E-state index contributed by atoms with van der Waals surface area (Å²) in [6, 6.07) is 3.92. The van der Waals surface area contributed by atoms with Crippen LogP contribution in [0.1, 0.15) is 19.3 Å². The number of nitrogens with zero attached hydrogens (tertiary/aromatic N) is 2. The maximum Gasteiger partial charge on any atom is 0.249 e. The number of halogens is 4. The Kier molecular flexibility index (Phi) is 5.54. The summed E-state index contributed by atoms with van der Waals surface area (Å²) >= 11 is 0. The molecule has 1 saturated heterocycles. The van der Waals surface area contributed by atoms with Crippen LogP contribution in [-0.2, 0) is 14.5 Å². The standard InChI is InChI=1S/C21H22F4N4O3S/c1-32-18-14(4-3-13(22)17(18)23)29-11-20(9-21(24,25)10-20)8-15(29)19(30)28-12-5-6-27-16(7-12)33(2,26)31/h3-7,15,26H,8-11H2,1-2H3,(H,27,28,30). The van der Waals surface area contributed by atoms with E-state index in [9.17, 15) is 26.6 Å². The third-order valence-corrected chi connectivity index (χ3v) is 7.04. The number of hydrogen-bond donors (Lipinski definition) is 2. The number of carbonyl (C=O) groups is 1. The van der Waals surface area contributed by atoms with Crippen molar-refractivity contribution in [2.75, 3.05) is 30.1 Å². The van der Waals surface area contributed by atoms with Crippen molar-refractivity contribution in [2.24, 2.45) is 5.41 Å². The molecule has 1 aromatic carbocycles. The van der Waals surface area contributed by atoms with E-state index in [1.807, 2.05) is 0 Å². The second kappa shape index (κ2) is 7.86. The Morgan fingerprint density at radius 3 is 2.61 bits per heavy atom. The van der Waals surface area contributed by atoms with Crippen molar-refractivity contribution in [3.8, 4) is 5.75 Å². The molecule has 178 valence electrons. The number of ether oxygens (including phenoxy) is 1. The monoisotopic (exact) mass is 486 g/mol. The maximum atomic E-state index is 14.4. The van der Waals surface area contributed by atoms with Crippen LogP contribution in [0.15, 0.2) is 35.5 Å². The molecule has 7 nitrogen and oxygen atoms in total. The highest BCUT2D eigenvalue weighted by Gasteiger charge is 2.62. The van der Waals surface area contributed by atoms with Crippen molar-refractivity contribution in [2.45, 2.75) is 36.3 Å². The smallest absolute Gasteiger partial charge is 0.249 e. The third-order valence-electron chi connectivity index (χ3n) is 6.02. The lowest BCUT2D eigenvalue weighted by Gasteiger charge is -2.44. The van der Waals surface area contributed by atoms with E-state index < -0.39 is 63.2 Å². The van der Waals surface area contributed by atoms with E-state index >= 15 is 0 Å². The highest BCUT2D eigenvalue weighted by Crippen LogP contribution is 2.59. The normalized spacial score (nSPS) is 22.5. The molecule has 33 heavy (non-hydrogen) atoms. The number of nitrogens with one attached hydrogen (secondary N) is 2. The molecular weight excluding hydrogens is 464 g/mol. The Labute approximate surface area is 188 Å². The summed E-state index contributed by atoms with van der Waals surface area (Å²) in [5, 5.41) is 2.61. The fraction of sp³-hybridized carbons (Fsp3) is 0.429. The molecule has 12 heteroatoms. The molecule has 2 heterocycles. The molecule has 2 aliphatic rings. The van der Waals surface area contributed by atoms with Crippen LogP contribution in [0.4, 0.5) is 28.9 Å². The van der Waals surface area contributed by atoms with Crippen LogP contribution in [0.3, 0.4) is 0 Å². The van der Waals surface area contributed by atoms with Gasteiger partial charge in [-0.15, -0.1) is 0 Å². The van der Waals surface area contributed by atoms with E-state index in [1.165, 1.54) is 35.6 Å². The van der Waals surface area contributed by atoms with Gasteiger partial charge in [0, 0.05) is 42.9 Å². The first-order valence-electron chi connectivity index (χ1n) is 10.0. The Morgan fingerprint density at radius 1 is 1.30 bits per heavy atom. The molecule has 4 rings (SSSR count). The number of amides is 1. The number of alkyl halides is 2. The SMILES string of the molecule is COc1c(N2CC3(CC2C(=O)Nc2ccnc(S(C)(=N)=O)c2)CC(F)(F)C3)ccc(F)c1F. The largest absolute Gasteiger partial charge is 0.491 e. The molecule has 1 amide bonds. The summed E-state index contributed by atoms with van der Waals surface area (Å²) in [7, 11) is -1.97. The van der Waals surface area contributed by atoms with Gasteiger partial charge < -0.3 is 15.0 Å². The molecule has 2 unspecified atom stereocenters. The van der Waals surface area contributed by atoms with Gasteiger partial charge in [0.1, 0.15) is 11.1 Å². The zero-order valence-corrected chi connectivity index (χ0v) is 18.6. The minimum absolute atomic E-state index is 0.0269. The second-order valence-electron chi connectivity index (χ2n) is 8.69. The van der Waals surface area contributed by atoms with E-state index in [0.29, 0.717) is 0 Å². The number of methoxy groups -OCH3 is 1. The van der Waals surface area contributed by atoms with Crippen LogP contribution in [0.5, 0.6) is 5.75 Å². The molecule has 1 aliphatic heterocycles. The summed E-state index contributed by atoms with van der Waals surface area (Å²) in [5.74, 6) is -6.20. The van der Waals surface area contributed by atoms with Crippen molar-refractivity contribution in [1.82, 2.24) is 4.98 Å². The summed E-state index contributed by atoms with van der Waals surface area (Å²) < 4.78 is 80.3. The second-order valence-corrected chi connectivity index (χ2v) is 10.8. The molecule has 1 spiro atoms. The first-order valence-corrected chi connectivity index (χ1v) is 12.0. The van der Waals surface area contributed by atoms with Crippen LogP contribution < -0.4 is 15.0 Å². The minimum Gasteiger partial charge on any atom is -0.491 e. The number of rotatable bonds is 5. The predicted molar refractivity (Wildman–Crippen MR) is 113 cm³/mol. The van der Waals surface area contributed by atoms with Gasteiger partial charge in [-0.2, -0.15) is 4.39 Å². The molecule has 1 aliphatic carbocycles. The van der Waals surface area contributed by atoms with Crippen molar-refractivity contribution < 1.29 is 31.3 Å². The number of aromatic nitrogens is 1. The summed E-state index contributed by atoms with van der Waals surface area (Å²) in [4.78, 5) is 18.6. The number of benzene rings is 1. The average Bonchev–Trinajstić information content (AvgIpc) is 3.08. The van der Waals surface area contributed by atoms with E-state index in [4.69, 9.17) is 9.52 Å². The van der Waals surface area contributed by atoms with E-state index in [1.54, 1.807) is 0 Å². The number of carbonyl (C=O) groups excluding carboxylic acids is 1. The maximum absolute atomic E-state index is 14.4. The summed E-state index contributed by atoms with van der Waals surface area (Å²) in [6.07, 6.45) is 1.74. The van der Waals surface area contributed by atoms with Crippen LogP contribution in [0.2, 0.25) is 0 Å². The lowest BCUT2D eigenvalue weighted by molar-refractivity contribution is -0.153. The fourth-order valence-corrected chi connectivity index (χ4v) is 5.33. The van der Waals surface area contributed by atoms with Gasteiger partial charge in [-0.25, -0.2) is 27.1 Å². The van der Waals surface area contributed by atoms with Crippen molar-refractivity contribution in [3.63, 3.8) is 0 Å². The van der Waals surface area contributed by atoms with Crippen LogP contribution in [-0.4, -0.2) is 47.0 Å². The fourth-order valence-electron chi connectivity index (χ4n) is 4.71. The molecule has 0 bridgehead atoms. The van der Waals surface area contributed by atoms with Gasteiger partial charge in [0.05, 0.1) is 22.5 Å². The Hall–Kier alpha value is -2.89. The van der Waals surface area contributed by atoms with E-state index in [2.05, 4.69) is 10.3 Å². The molecule has 0 radical (unpaired) electrons. The summed E-state index contributed by atoms with van der Waals surface area (Å²) in [5.41, 5.74) is -0.547. The van der Waals surface area contributed by atoms with Gasteiger partial charge in [-0.1, -0.05) is 0 Å². The van der Waals surface area contributed by atoms with Crippen molar-refractivity contribution in [3.05, 3.63) is 42.1 Å². The molecule has 2 N–H and O–H groups in total. The quantitative estimate of drug-likeness (QED) is 0.622. The van der Waals surface area contributed by atoms with Crippen LogP contribution in [0.25, 0.3) is 0 Å². The molecule has 2 aromatic rings. The highest BCUT2D eigenvalue weighted by atomic mass is 32.2. The van der Waals surface area contributed by atoms with Crippen LogP contribution in [0, 0.1) is 21.8 Å². The third kappa shape index (κ3) is 4.35. The van der Waals surface area contributed by atoms with Gasteiger partial charge in [0.2, 0.25) is 17.6 Å². The molecule has 1 aromatic heterocycles. The van der Waals surface area contributed by atoms with Gasteiger partial charge in [-0.3, -0.25) is 4.79 Å². The minimum atomic E-state index is -3.13. The summed E-state index contributed by atoms with van der Waals surface area (Å²) in [6.45, 7) is 0.0409. The average molecular weight is 486 g/mol. The number of anilines is 2. The van der Waals surface area contributed by atoms with Crippen molar-refractivity contribution in [1.29, 1.82) is 4.78 Å². The molecule has 1 saturated carbocycles. The van der Waals surface area contributed by atoms with Crippen molar-refractivity contribution >= 4 is 27.0 Å². The Morgan fingerprint density at radius 2 is 2.00 bits per heavy atom. The topological polar surface area (TPSA) is 95.4 Å². The first kappa shape index (κ1) is 23.3. The van der Waals surface area contributed by atoms with Gasteiger partial charge in [-0.05, 0) is 30.7 Å².